The molecule has 3 fully saturated rings. The lowest BCUT2D eigenvalue weighted by atomic mass is 9.85. The van der Waals surface area contributed by atoms with E-state index in [1.807, 2.05) is 0 Å². The molecule has 3 aliphatic rings. The van der Waals surface area contributed by atoms with Crippen LogP contribution in [0, 0.1) is 5.92 Å². The minimum atomic E-state index is 0.0214. The van der Waals surface area contributed by atoms with Crippen LogP contribution in [0.2, 0.25) is 0 Å². The third-order valence-corrected chi connectivity index (χ3v) is 3.93. The number of hydrogen-bond donors (Lipinski definition) is 1. The molecule has 112 valence electrons. The van der Waals surface area contributed by atoms with Crippen LogP contribution in [0.5, 0.6) is 0 Å². The summed E-state index contributed by atoms with van der Waals surface area (Å²) >= 11 is 0. The van der Waals surface area contributed by atoms with E-state index in [0.29, 0.717) is 12.2 Å². The molecular formula is C15H28O4. The number of aliphatic hydroxyl groups is 1. The summed E-state index contributed by atoms with van der Waals surface area (Å²) in [6.45, 7) is 5.50. The van der Waals surface area contributed by atoms with Gasteiger partial charge in [0.2, 0.25) is 0 Å². The lowest BCUT2D eigenvalue weighted by Crippen LogP contribution is -2.17. The van der Waals surface area contributed by atoms with Crippen LogP contribution >= 0.6 is 0 Å². The van der Waals surface area contributed by atoms with E-state index in [9.17, 15) is 5.11 Å². The molecule has 0 aromatic carbocycles. The van der Waals surface area contributed by atoms with E-state index in [-0.39, 0.29) is 6.10 Å². The van der Waals surface area contributed by atoms with Gasteiger partial charge in [0.05, 0.1) is 32.5 Å². The van der Waals surface area contributed by atoms with Gasteiger partial charge in [-0.1, -0.05) is 19.8 Å². The van der Waals surface area contributed by atoms with Gasteiger partial charge in [-0.05, 0) is 31.6 Å². The minimum absolute atomic E-state index is 0.0214. The van der Waals surface area contributed by atoms with E-state index < -0.39 is 0 Å². The maximum Gasteiger partial charge on any atom is 0.104 e. The molecule has 1 saturated carbocycles. The summed E-state index contributed by atoms with van der Waals surface area (Å²) in [7, 11) is 0. The molecule has 4 nitrogen and oxygen atoms in total. The highest BCUT2D eigenvalue weighted by Crippen LogP contribution is 2.27. The first-order valence-electron chi connectivity index (χ1n) is 7.77. The molecule has 0 amide bonds. The van der Waals surface area contributed by atoms with Crippen molar-refractivity contribution in [1.82, 2.24) is 0 Å². The summed E-state index contributed by atoms with van der Waals surface area (Å²) in [6.07, 6.45) is 8.09. The normalized spacial score (nSPS) is 36.3. The van der Waals surface area contributed by atoms with Crippen molar-refractivity contribution in [2.24, 2.45) is 5.92 Å². The Kier molecular flexibility index (Phi) is 6.57. The molecule has 1 aliphatic carbocycles. The molecule has 2 unspecified atom stereocenters. The summed E-state index contributed by atoms with van der Waals surface area (Å²) in [5, 5.41) is 9.20. The predicted octanol–water partition coefficient (Wildman–Crippen LogP) is 2.14. The maximum atomic E-state index is 9.20. The molecule has 0 bridgehead atoms. The van der Waals surface area contributed by atoms with Gasteiger partial charge in [0.15, 0.2) is 0 Å². The number of aliphatic hydroxyl groups excluding tert-OH is 1. The van der Waals surface area contributed by atoms with Gasteiger partial charge >= 0.3 is 0 Å². The molecule has 0 aromatic heterocycles. The third kappa shape index (κ3) is 7.25. The third-order valence-electron chi connectivity index (χ3n) is 3.93. The van der Waals surface area contributed by atoms with Crippen molar-refractivity contribution >= 4 is 0 Å². The first-order valence-corrected chi connectivity index (χ1v) is 7.77. The number of rotatable bonds is 6. The summed E-state index contributed by atoms with van der Waals surface area (Å²) < 4.78 is 15.1. The van der Waals surface area contributed by atoms with Gasteiger partial charge in [-0.15, -0.1) is 0 Å². The van der Waals surface area contributed by atoms with Gasteiger partial charge < -0.3 is 19.3 Å². The molecule has 2 aliphatic heterocycles. The van der Waals surface area contributed by atoms with E-state index in [0.717, 1.165) is 45.2 Å². The lowest BCUT2D eigenvalue weighted by molar-refractivity contribution is 0.102. The van der Waals surface area contributed by atoms with Gasteiger partial charge in [-0.25, -0.2) is 0 Å². The quantitative estimate of drug-likeness (QED) is 0.753. The largest absolute Gasteiger partial charge is 0.393 e. The fourth-order valence-corrected chi connectivity index (χ4v) is 2.50. The number of hydrogen-bond acceptors (Lipinski definition) is 4. The molecule has 0 aromatic rings. The minimum Gasteiger partial charge on any atom is -0.393 e. The van der Waals surface area contributed by atoms with Crippen LogP contribution in [0.15, 0.2) is 0 Å². The Morgan fingerprint density at radius 2 is 1.53 bits per heavy atom. The molecule has 19 heavy (non-hydrogen) atoms. The Bertz CT molecular complexity index is 218. The highest BCUT2D eigenvalue weighted by molar-refractivity contribution is 4.71. The topological polar surface area (TPSA) is 54.5 Å². The summed E-state index contributed by atoms with van der Waals surface area (Å²) in [5.74, 6) is 0.924. The van der Waals surface area contributed by atoms with E-state index in [4.69, 9.17) is 14.2 Å². The Morgan fingerprint density at radius 1 is 1.00 bits per heavy atom. The van der Waals surface area contributed by atoms with Crippen LogP contribution in [0.1, 0.15) is 45.4 Å². The van der Waals surface area contributed by atoms with Crippen molar-refractivity contribution in [3.63, 3.8) is 0 Å². The first kappa shape index (κ1) is 15.2. The number of ether oxygens (including phenoxy) is 3. The lowest BCUT2D eigenvalue weighted by Gasteiger charge is -2.24. The Morgan fingerprint density at radius 3 is 1.95 bits per heavy atom. The van der Waals surface area contributed by atoms with E-state index in [2.05, 4.69) is 6.92 Å². The van der Waals surface area contributed by atoms with Crippen molar-refractivity contribution in [3.8, 4) is 0 Å². The fourth-order valence-electron chi connectivity index (χ4n) is 2.50. The highest BCUT2D eigenvalue weighted by Gasteiger charge is 2.26. The van der Waals surface area contributed by atoms with Crippen molar-refractivity contribution in [1.29, 1.82) is 0 Å². The Labute approximate surface area is 116 Å². The van der Waals surface area contributed by atoms with Crippen LogP contribution in [-0.2, 0) is 14.2 Å². The zero-order valence-electron chi connectivity index (χ0n) is 12.1. The maximum absolute atomic E-state index is 9.20. The van der Waals surface area contributed by atoms with Gasteiger partial charge in [-0.2, -0.15) is 0 Å². The van der Waals surface area contributed by atoms with Gasteiger partial charge in [0.25, 0.3) is 0 Å². The Hall–Kier alpha value is -0.160. The molecule has 2 saturated heterocycles. The van der Waals surface area contributed by atoms with Crippen LogP contribution in [0.3, 0.4) is 0 Å². The summed E-state index contributed by atoms with van der Waals surface area (Å²) in [6, 6.07) is 0. The summed E-state index contributed by atoms with van der Waals surface area (Å²) in [4.78, 5) is 0. The van der Waals surface area contributed by atoms with Crippen LogP contribution < -0.4 is 0 Å². The van der Waals surface area contributed by atoms with E-state index in [1.165, 1.54) is 25.7 Å². The van der Waals surface area contributed by atoms with Crippen molar-refractivity contribution < 1.29 is 19.3 Å². The SMILES string of the molecule is C(OCC1CO1)C1CO1.CCCC1CCC(O)CC1. The van der Waals surface area contributed by atoms with Crippen molar-refractivity contribution in [2.75, 3.05) is 26.4 Å². The zero-order valence-corrected chi connectivity index (χ0v) is 12.1. The second-order valence-corrected chi connectivity index (χ2v) is 5.91. The molecule has 3 rings (SSSR count). The molecule has 0 radical (unpaired) electrons. The van der Waals surface area contributed by atoms with Crippen molar-refractivity contribution in [3.05, 3.63) is 0 Å². The molecule has 2 atom stereocenters. The van der Waals surface area contributed by atoms with Gasteiger partial charge in [-0.3, -0.25) is 0 Å². The van der Waals surface area contributed by atoms with E-state index >= 15 is 0 Å². The van der Waals surface area contributed by atoms with Gasteiger partial charge in [0, 0.05) is 0 Å². The monoisotopic (exact) mass is 272 g/mol. The second-order valence-electron chi connectivity index (χ2n) is 5.91. The Balaban J connectivity index is 0.000000141. The molecule has 0 spiro atoms. The van der Waals surface area contributed by atoms with E-state index in [1.54, 1.807) is 0 Å². The van der Waals surface area contributed by atoms with Crippen LogP contribution in [-0.4, -0.2) is 49.8 Å². The van der Waals surface area contributed by atoms with Crippen molar-refractivity contribution in [2.45, 2.75) is 63.8 Å². The summed E-state index contributed by atoms with van der Waals surface area (Å²) in [5.41, 5.74) is 0. The predicted molar refractivity (Wildman–Crippen MR) is 73.2 cm³/mol. The fraction of sp³-hybridized carbons (Fsp3) is 1.00. The zero-order chi connectivity index (χ0) is 13.5. The highest BCUT2D eigenvalue weighted by atomic mass is 16.6. The molecule has 2 heterocycles. The first-order chi connectivity index (χ1) is 9.28. The average molecular weight is 272 g/mol. The molecule has 1 N–H and O–H groups in total. The number of epoxide rings is 2. The standard InChI is InChI=1S/C9H18O.C6H10O3/c1-2-3-8-4-6-9(10)7-5-8;1(5-3-8-5)7-2-6-4-9-6/h8-10H,2-7H2,1H3;5-6H,1-4H2. The van der Waals surface area contributed by atoms with Crippen LogP contribution in [0.25, 0.3) is 0 Å². The van der Waals surface area contributed by atoms with Crippen LogP contribution in [0.4, 0.5) is 0 Å². The smallest absolute Gasteiger partial charge is 0.104 e. The molecule has 4 heteroatoms. The second kappa shape index (κ2) is 8.20. The van der Waals surface area contributed by atoms with Gasteiger partial charge in [0.1, 0.15) is 12.2 Å². The molecular weight excluding hydrogens is 244 g/mol. The average Bonchev–Trinajstić information content (AvgIpc) is 3.27.